The minimum Gasteiger partial charge on any atom is -0.507 e. The Bertz CT molecular complexity index is 1180. The summed E-state index contributed by atoms with van der Waals surface area (Å²) in [6, 6.07) is 9.25. The van der Waals surface area contributed by atoms with Gasteiger partial charge >= 0.3 is 7.82 Å². The summed E-state index contributed by atoms with van der Waals surface area (Å²) < 4.78 is 23.5. The Hall–Kier alpha value is -2.11. The van der Waals surface area contributed by atoms with Gasteiger partial charge in [0.2, 0.25) is 0 Å². The van der Waals surface area contributed by atoms with Crippen LogP contribution >= 0.6 is 23.8 Å². The zero-order valence-corrected chi connectivity index (χ0v) is 27.3. The molecule has 0 amide bonds. The summed E-state index contributed by atoms with van der Waals surface area (Å²) >= 11 is 3.05. The number of aliphatic hydroxyl groups excluding tert-OH is 1. The number of phosphoric ester groups is 1. The van der Waals surface area contributed by atoms with E-state index in [1.165, 1.54) is 57.8 Å². The molecule has 0 saturated carbocycles. The third kappa shape index (κ3) is 14.0. The van der Waals surface area contributed by atoms with Gasteiger partial charge in [-0.05, 0) is 40.4 Å². The largest absolute Gasteiger partial charge is 0.507 e. The number of nitrogens with zero attached hydrogens (tertiary/aromatic N) is 1. The molecule has 2 aromatic rings. The molecular weight excluding hydrogens is 639 g/mol. The molecule has 2 unspecified atom stereocenters. The lowest BCUT2D eigenvalue weighted by Crippen LogP contribution is -2.37. The van der Waals surface area contributed by atoms with E-state index in [1.54, 1.807) is 36.4 Å². The number of phenols is 1. The number of nitrogens with two attached hydrogens (primary N) is 1. The van der Waals surface area contributed by atoms with E-state index in [4.69, 9.17) is 14.8 Å². The first-order chi connectivity index (χ1) is 20.6. The van der Waals surface area contributed by atoms with E-state index in [0.717, 1.165) is 31.4 Å². The monoisotopic (exact) mass is 684 g/mol. The maximum atomic E-state index is 12.9. The van der Waals surface area contributed by atoms with Crippen LogP contribution in [0.2, 0.25) is 0 Å². The molecule has 0 radical (unpaired) electrons. The van der Waals surface area contributed by atoms with Crippen LogP contribution in [0.25, 0.3) is 0 Å². The fourth-order valence-corrected chi connectivity index (χ4v) is 5.86. The molecule has 0 fully saturated rings. The first-order valence-corrected chi connectivity index (χ1v) is 17.3. The number of nitro groups is 1. The summed E-state index contributed by atoms with van der Waals surface area (Å²) in [5, 5.41) is 32.3. The van der Waals surface area contributed by atoms with Gasteiger partial charge in [-0.25, -0.2) is 4.57 Å². The van der Waals surface area contributed by atoms with E-state index in [0.29, 0.717) is 5.56 Å². The number of nitro benzene ring substituents is 1. The second-order valence-corrected chi connectivity index (χ2v) is 12.9. The van der Waals surface area contributed by atoms with Crippen molar-refractivity contribution < 1.29 is 33.6 Å². The summed E-state index contributed by atoms with van der Waals surface area (Å²) in [5.74, 6) is -0.316. The van der Waals surface area contributed by atoms with E-state index >= 15 is 0 Å². The molecule has 5 N–H and O–H groups in total. The minimum atomic E-state index is -4.84. The molecule has 2 rings (SSSR count). The third-order valence-corrected chi connectivity index (χ3v) is 8.68. The molecular formula is C31H46BrN2O8P. The van der Waals surface area contributed by atoms with E-state index in [2.05, 4.69) is 22.9 Å². The lowest BCUT2D eigenvalue weighted by atomic mass is 10.00. The number of halogens is 1. The van der Waals surface area contributed by atoms with Crippen molar-refractivity contribution in [3.05, 3.63) is 80.3 Å². The highest BCUT2D eigenvalue weighted by molar-refractivity contribution is 9.10. The van der Waals surface area contributed by atoms with Gasteiger partial charge in [0.05, 0.1) is 33.7 Å². The molecule has 0 aromatic heterocycles. The fraction of sp³-hybridized carbons (Fsp3) is 0.548. The standard InChI is InChI=1S/C31H46BrN2O8P/c1-2-3-4-5-6-7-8-9-10-11-12-13-17-20-29(35)27(33)23-41-43(39,40)42-31(24-18-15-14-16-19-24)25-21-30(36)26(32)22-28(25)34(37)38/h14-22,27,29,31,35-36H,2-13,23,33H2,1H3,(H,39,40)/b20-17+/t27-,29+,31?/m0/s1. The van der Waals surface area contributed by atoms with Crippen molar-refractivity contribution in [2.45, 2.75) is 102 Å². The lowest BCUT2D eigenvalue weighted by molar-refractivity contribution is -0.386. The summed E-state index contributed by atoms with van der Waals surface area (Å²) in [5.41, 5.74) is 5.72. The van der Waals surface area contributed by atoms with Crippen LogP contribution in [0.3, 0.4) is 0 Å². The SMILES string of the molecule is CCCCCCCCCCCCC/C=C/[C@@H](O)[C@@H](N)COP(=O)(O)OC(c1ccccc1)c1cc(O)c(Br)cc1[N+](=O)[O-]. The molecule has 0 saturated heterocycles. The van der Waals surface area contributed by atoms with Gasteiger partial charge in [0.15, 0.2) is 0 Å². The van der Waals surface area contributed by atoms with E-state index in [9.17, 15) is 29.8 Å². The molecule has 2 aromatic carbocycles. The molecule has 10 nitrogen and oxygen atoms in total. The first-order valence-electron chi connectivity index (χ1n) is 15.0. The Morgan fingerprint density at radius 1 is 1.02 bits per heavy atom. The van der Waals surface area contributed by atoms with Gasteiger partial charge in [-0.1, -0.05) is 114 Å². The molecule has 12 heteroatoms. The Balaban J connectivity index is 1.85. The van der Waals surface area contributed by atoms with Gasteiger partial charge in [-0.15, -0.1) is 0 Å². The van der Waals surface area contributed by atoms with Gasteiger partial charge in [0, 0.05) is 6.07 Å². The average Bonchev–Trinajstić information content (AvgIpc) is 2.98. The van der Waals surface area contributed by atoms with Crippen molar-refractivity contribution in [2.75, 3.05) is 6.61 Å². The van der Waals surface area contributed by atoms with E-state index < -0.39 is 43.3 Å². The van der Waals surface area contributed by atoms with Crippen LogP contribution < -0.4 is 5.73 Å². The smallest absolute Gasteiger partial charge is 0.473 e. The van der Waals surface area contributed by atoms with Crippen LogP contribution in [0.15, 0.2) is 59.1 Å². The zero-order chi connectivity index (χ0) is 31.7. The van der Waals surface area contributed by atoms with Gasteiger partial charge in [0.25, 0.3) is 5.69 Å². The summed E-state index contributed by atoms with van der Waals surface area (Å²) in [7, 11) is -4.84. The van der Waals surface area contributed by atoms with Crippen molar-refractivity contribution in [3.8, 4) is 5.75 Å². The molecule has 0 aliphatic carbocycles. The predicted molar refractivity (Wildman–Crippen MR) is 172 cm³/mol. The number of hydrogen-bond donors (Lipinski definition) is 4. The van der Waals surface area contributed by atoms with Crippen LogP contribution in [0, 0.1) is 10.1 Å². The average molecular weight is 686 g/mol. The Labute approximate surface area is 263 Å². The van der Waals surface area contributed by atoms with E-state index in [-0.39, 0.29) is 15.8 Å². The normalized spacial score (nSPS) is 15.3. The zero-order valence-electron chi connectivity index (χ0n) is 24.9. The fourth-order valence-electron chi connectivity index (χ4n) is 4.61. The molecule has 43 heavy (non-hydrogen) atoms. The number of rotatable bonds is 22. The van der Waals surface area contributed by atoms with Gasteiger partial charge in [0.1, 0.15) is 11.9 Å². The third-order valence-electron chi connectivity index (χ3n) is 7.09. The molecule has 0 heterocycles. The van der Waals surface area contributed by atoms with Crippen LogP contribution in [-0.2, 0) is 13.6 Å². The lowest BCUT2D eigenvalue weighted by Gasteiger charge is -2.23. The van der Waals surface area contributed by atoms with Crippen molar-refractivity contribution in [1.29, 1.82) is 0 Å². The second-order valence-electron chi connectivity index (χ2n) is 10.7. The molecule has 0 spiro atoms. The number of phosphoric acid groups is 1. The maximum absolute atomic E-state index is 12.9. The van der Waals surface area contributed by atoms with Crippen LogP contribution in [-0.4, -0.2) is 38.8 Å². The quantitative estimate of drug-likeness (QED) is 0.0314. The highest BCUT2D eigenvalue weighted by Gasteiger charge is 2.34. The second kappa shape index (κ2) is 20.0. The summed E-state index contributed by atoms with van der Waals surface area (Å²) in [6.45, 7) is 1.72. The topological polar surface area (TPSA) is 165 Å². The van der Waals surface area contributed by atoms with Crippen molar-refractivity contribution in [2.24, 2.45) is 5.73 Å². The first kappa shape index (κ1) is 37.1. The highest BCUT2D eigenvalue weighted by atomic mass is 79.9. The molecule has 0 aliphatic rings. The summed E-state index contributed by atoms with van der Waals surface area (Å²) in [6.07, 6.45) is 15.4. The Kier molecular flexibility index (Phi) is 17.3. The molecule has 0 bridgehead atoms. The van der Waals surface area contributed by atoms with Crippen molar-refractivity contribution in [3.63, 3.8) is 0 Å². The van der Waals surface area contributed by atoms with E-state index in [1.807, 2.05) is 6.08 Å². The van der Waals surface area contributed by atoms with Gasteiger partial charge < -0.3 is 20.8 Å². The molecule has 240 valence electrons. The Morgan fingerprint density at radius 3 is 2.19 bits per heavy atom. The van der Waals surface area contributed by atoms with Crippen LogP contribution in [0.1, 0.15) is 101 Å². The number of aromatic hydroxyl groups is 1. The van der Waals surface area contributed by atoms with Gasteiger partial charge in [-0.2, -0.15) is 0 Å². The Morgan fingerprint density at radius 2 is 1.60 bits per heavy atom. The minimum absolute atomic E-state index is 0.0784. The van der Waals surface area contributed by atoms with Crippen LogP contribution in [0.4, 0.5) is 5.69 Å². The number of allylic oxidation sites excluding steroid dienone is 1. The predicted octanol–water partition coefficient (Wildman–Crippen LogP) is 8.23. The number of unbranched alkanes of at least 4 members (excludes halogenated alkanes) is 11. The number of benzene rings is 2. The highest BCUT2D eigenvalue weighted by Crippen LogP contribution is 2.51. The van der Waals surface area contributed by atoms with Gasteiger partial charge in [-0.3, -0.25) is 19.2 Å². The number of hydrogen-bond acceptors (Lipinski definition) is 8. The van der Waals surface area contributed by atoms with Crippen LogP contribution in [0.5, 0.6) is 5.75 Å². The maximum Gasteiger partial charge on any atom is 0.473 e. The number of phenolic OH excluding ortho intramolecular Hbond substituents is 1. The summed E-state index contributed by atoms with van der Waals surface area (Å²) in [4.78, 5) is 21.6. The molecule has 0 aliphatic heterocycles. The number of aliphatic hydroxyl groups is 1. The van der Waals surface area contributed by atoms with Crippen molar-refractivity contribution >= 4 is 29.4 Å². The van der Waals surface area contributed by atoms with Crippen molar-refractivity contribution in [1.82, 2.24) is 0 Å². The molecule has 4 atom stereocenters.